The molecule has 43 heavy (non-hydrogen) atoms. The number of methoxy groups -OCH3 is 1. The molecule has 9 nitrogen and oxygen atoms in total. The van der Waals surface area contributed by atoms with Crippen LogP contribution < -0.4 is 15.5 Å². The van der Waals surface area contributed by atoms with Crippen LogP contribution in [0.4, 0.5) is 5.69 Å². The first kappa shape index (κ1) is 31.3. The minimum atomic E-state index is -1.14. The van der Waals surface area contributed by atoms with Crippen LogP contribution in [0.3, 0.4) is 0 Å². The van der Waals surface area contributed by atoms with Gasteiger partial charge in [-0.25, -0.2) is 9.59 Å². The van der Waals surface area contributed by atoms with E-state index in [1.807, 2.05) is 91.9 Å². The second kappa shape index (κ2) is 14.0. The summed E-state index contributed by atoms with van der Waals surface area (Å²) in [7, 11) is 1.33. The Kier molecular flexibility index (Phi) is 10.2. The maximum absolute atomic E-state index is 13.2. The Bertz CT molecular complexity index is 1420. The van der Waals surface area contributed by atoms with Crippen molar-refractivity contribution in [2.24, 2.45) is 0 Å². The van der Waals surface area contributed by atoms with Crippen molar-refractivity contribution in [1.82, 2.24) is 10.6 Å². The van der Waals surface area contributed by atoms with Gasteiger partial charge in [0, 0.05) is 25.2 Å². The predicted octanol–water partition coefficient (Wildman–Crippen LogP) is 4.03. The largest absolute Gasteiger partial charge is 0.480 e. The number of piperidine rings is 1. The van der Waals surface area contributed by atoms with Crippen LogP contribution in [0.15, 0.2) is 84.9 Å². The number of esters is 1. The number of rotatable bonds is 11. The van der Waals surface area contributed by atoms with Gasteiger partial charge < -0.3 is 25.4 Å². The Labute approximate surface area is 252 Å². The van der Waals surface area contributed by atoms with Gasteiger partial charge in [-0.3, -0.25) is 9.59 Å². The molecule has 3 atom stereocenters. The molecule has 0 saturated carbocycles. The van der Waals surface area contributed by atoms with Gasteiger partial charge in [-0.1, -0.05) is 72.8 Å². The SMILES string of the molecule is COC(=O)C1(NC(=O)C(C)c2ccccc2)CCN(c2cccc(C(C)C(=O)NC(Cc3ccccc3)C(=O)O)c2)CC1. The maximum atomic E-state index is 13.2. The molecule has 3 aromatic carbocycles. The number of carbonyl (C=O) groups excluding carboxylic acids is 3. The molecule has 9 heteroatoms. The molecular formula is C34H39N3O6. The lowest BCUT2D eigenvalue weighted by Crippen LogP contribution is -2.61. The third kappa shape index (κ3) is 7.60. The minimum absolute atomic E-state index is 0.186. The average molecular weight is 586 g/mol. The first-order valence-electron chi connectivity index (χ1n) is 14.5. The standard InChI is InChI=1S/C34H39N3O6/c1-23(26-13-8-5-9-14-26)31(39)36-34(33(42)43-3)17-19-37(20-18-34)28-16-10-15-27(22-28)24(2)30(38)35-29(32(40)41)21-25-11-6-4-7-12-25/h4-16,22-24,29H,17-21H2,1-3H3,(H,35,38)(H,36,39)(H,40,41). The molecule has 3 N–H and O–H groups in total. The van der Waals surface area contributed by atoms with Gasteiger partial charge in [0.25, 0.3) is 0 Å². The number of aliphatic carboxylic acids is 1. The molecule has 4 rings (SSSR count). The van der Waals surface area contributed by atoms with Gasteiger partial charge in [0.1, 0.15) is 11.6 Å². The Morgan fingerprint density at radius 1 is 0.837 bits per heavy atom. The van der Waals surface area contributed by atoms with Gasteiger partial charge >= 0.3 is 11.9 Å². The first-order valence-corrected chi connectivity index (χ1v) is 14.5. The fourth-order valence-corrected chi connectivity index (χ4v) is 5.45. The summed E-state index contributed by atoms with van der Waals surface area (Å²) in [6.07, 6.45) is 0.894. The molecule has 3 unspecified atom stereocenters. The van der Waals surface area contributed by atoms with Crippen LogP contribution in [0.1, 0.15) is 55.2 Å². The van der Waals surface area contributed by atoms with Crippen LogP contribution in [0.5, 0.6) is 0 Å². The van der Waals surface area contributed by atoms with E-state index in [1.54, 1.807) is 6.92 Å². The Morgan fingerprint density at radius 2 is 1.42 bits per heavy atom. The number of benzene rings is 3. The zero-order chi connectivity index (χ0) is 31.0. The molecule has 0 bridgehead atoms. The molecule has 0 spiro atoms. The molecule has 0 aromatic heterocycles. The van der Waals surface area contributed by atoms with E-state index >= 15 is 0 Å². The smallest absolute Gasteiger partial charge is 0.331 e. The van der Waals surface area contributed by atoms with E-state index < -0.39 is 35.4 Å². The molecule has 1 aliphatic rings. The van der Waals surface area contributed by atoms with Crippen molar-refractivity contribution < 1.29 is 29.0 Å². The third-order valence-electron chi connectivity index (χ3n) is 8.27. The lowest BCUT2D eigenvalue weighted by Gasteiger charge is -2.41. The minimum Gasteiger partial charge on any atom is -0.480 e. The van der Waals surface area contributed by atoms with E-state index in [9.17, 15) is 24.3 Å². The first-order chi connectivity index (χ1) is 20.6. The van der Waals surface area contributed by atoms with E-state index in [4.69, 9.17) is 4.74 Å². The van der Waals surface area contributed by atoms with Crippen LogP contribution in [-0.4, -0.2) is 60.6 Å². The van der Waals surface area contributed by atoms with Crippen molar-refractivity contribution in [1.29, 1.82) is 0 Å². The zero-order valence-corrected chi connectivity index (χ0v) is 24.8. The van der Waals surface area contributed by atoms with Crippen LogP contribution in [0.2, 0.25) is 0 Å². The number of carboxylic acids is 1. The molecular weight excluding hydrogens is 546 g/mol. The molecule has 1 fully saturated rings. The molecule has 0 radical (unpaired) electrons. The summed E-state index contributed by atoms with van der Waals surface area (Å²) in [5, 5.41) is 15.4. The van der Waals surface area contributed by atoms with Gasteiger partial charge in [0.05, 0.1) is 18.9 Å². The number of hydrogen-bond donors (Lipinski definition) is 3. The van der Waals surface area contributed by atoms with Crippen molar-refractivity contribution in [3.05, 3.63) is 102 Å². The normalized spacial score (nSPS) is 16.3. The van der Waals surface area contributed by atoms with Crippen molar-refractivity contribution in [3.63, 3.8) is 0 Å². The van der Waals surface area contributed by atoms with Crippen molar-refractivity contribution in [2.45, 2.75) is 56.5 Å². The topological polar surface area (TPSA) is 125 Å². The summed E-state index contributed by atoms with van der Waals surface area (Å²) in [5.74, 6) is -3.19. The average Bonchev–Trinajstić information content (AvgIpc) is 3.04. The van der Waals surface area contributed by atoms with Crippen LogP contribution in [0.25, 0.3) is 0 Å². The fraction of sp³-hybridized carbons (Fsp3) is 0.353. The van der Waals surface area contributed by atoms with Gasteiger partial charge in [-0.2, -0.15) is 0 Å². The quantitative estimate of drug-likeness (QED) is 0.290. The Balaban J connectivity index is 1.42. The number of carboxylic acid groups (broad SMARTS) is 1. The van der Waals surface area contributed by atoms with Gasteiger partial charge in [0.15, 0.2) is 0 Å². The van der Waals surface area contributed by atoms with Crippen LogP contribution in [-0.2, 0) is 30.3 Å². The number of carbonyl (C=O) groups is 4. The molecule has 2 amide bonds. The summed E-state index contributed by atoms with van der Waals surface area (Å²) in [6, 6.07) is 25.1. The molecule has 1 heterocycles. The number of nitrogens with zero attached hydrogens (tertiary/aromatic N) is 1. The monoisotopic (exact) mass is 585 g/mol. The number of amides is 2. The zero-order valence-electron chi connectivity index (χ0n) is 24.8. The summed E-state index contributed by atoms with van der Waals surface area (Å²) in [4.78, 5) is 53.2. The molecule has 3 aromatic rings. The number of ether oxygens (including phenoxy) is 1. The van der Waals surface area contributed by atoms with E-state index in [0.717, 1.165) is 22.4 Å². The number of nitrogens with one attached hydrogen (secondary N) is 2. The third-order valence-corrected chi connectivity index (χ3v) is 8.27. The van der Waals surface area contributed by atoms with E-state index in [-0.39, 0.29) is 18.2 Å². The van der Waals surface area contributed by atoms with Gasteiger partial charge in [-0.15, -0.1) is 0 Å². The second-order valence-electron chi connectivity index (χ2n) is 11.1. The Morgan fingerprint density at radius 3 is 2.02 bits per heavy atom. The van der Waals surface area contributed by atoms with Crippen molar-refractivity contribution in [2.75, 3.05) is 25.1 Å². The fourth-order valence-electron chi connectivity index (χ4n) is 5.45. The second-order valence-corrected chi connectivity index (χ2v) is 11.1. The highest BCUT2D eigenvalue weighted by Crippen LogP contribution is 2.30. The maximum Gasteiger partial charge on any atom is 0.331 e. The van der Waals surface area contributed by atoms with Crippen molar-refractivity contribution >= 4 is 29.4 Å². The van der Waals surface area contributed by atoms with Gasteiger partial charge in [0.2, 0.25) is 11.8 Å². The van der Waals surface area contributed by atoms with Crippen molar-refractivity contribution in [3.8, 4) is 0 Å². The van der Waals surface area contributed by atoms with E-state index in [1.165, 1.54) is 7.11 Å². The highest BCUT2D eigenvalue weighted by atomic mass is 16.5. The molecule has 226 valence electrons. The lowest BCUT2D eigenvalue weighted by atomic mass is 9.85. The highest BCUT2D eigenvalue weighted by molar-refractivity contribution is 5.91. The molecule has 1 saturated heterocycles. The summed E-state index contributed by atoms with van der Waals surface area (Å²) in [5.41, 5.74) is 2.17. The summed E-state index contributed by atoms with van der Waals surface area (Å²) < 4.78 is 5.12. The van der Waals surface area contributed by atoms with Crippen LogP contribution >= 0.6 is 0 Å². The van der Waals surface area contributed by atoms with E-state index in [0.29, 0.717) is 25.9 Å². The van der Waals surface area contributed by atoms with Crippen LogP contribution in [0, 0.1) is 0 Å². The number of anilines is 1. The highest BCUT2D eigenvalue weighted by Gasteiger charge is 2.44. The van der Waals surface area contributed by atoms with Gasteiger partial charge in [-0.05, 0) is 55.5 Å². The molecule has 0 aliphatic carbocycles. The number of hydrogen-bond acceptors (Lipinski definition) is 6. The summed E-state index contributed by atoms with van der Waals surface area (Å²) >= 11 is 0. The molecule has 1 aliphatic heterocycles. The predicted molar refractivity (Wildman–Crippen MR) is 164 cm³/mol. The van der Waals surface area contributed by atoms with E-state index in [2.05, 4.69) is 15.5 Å². The summed E-state index contributed by atoms with van der Waals surface area (Å²) in [6.45, 7) is 4.53. The Hall–Kier alpha value is -4.66. The lowest BCUT2D eigenvalue weighted by molar-refractivity contribution is -0.152.